The van der Waals surface area contributed by atoms with Crippen molar-refractivity contribution in [2.45, 2.75) is 52.3 Å². The molecule has 2 aromatic rings. The number of benzene rings is 1. The van der Waals surface area contributed by atoms with Crippen LogP contribution < -0.4 is 15.4 Å². The largest absolute Gasteiger partial charge is 0.487 e. The minimum absolute atomic E-state index is 0. The number of hydrogen-bond acceptors (Lipinski definition) is 3. The van der Waals surface area contributed by atoms with E-state index in [0.29, 0.717) is 6.54 Å². The van der Waals surface area contributed by atoms with Crippen LogP contribution in [0.25, 0.3) is 0 Å². The van der Waals surface area contributed by atoms with Crippen LogP contribution in [0.4, 0.5) is 0 Å². The highest BCUT2D eigenvalue weighted by atomic mass is 127. The van der Waals surface area contributed by atoms with Crippen LogP contribution in [-0.2, 0) is 6.54 Å². The molecule has 1 atom stereocenters. The number of halogens is 1. The first-order valence-corrected chi connectivity index (χ1v) is 8.69. The molecule has 0 saturated carbocycles. The first kappa shape index (κ1) is 20.6. The Kier molecular flexibility index (Phi) is 6.60. The fraction of sp³-hybridized carbons (Fsp3) is 0.450. The highest BCUT2D eigenvalue weighted by Crippen LogP contribution is 2.39. The molecule has 1 aliphatic rings. The number of furan rings is 1. The Balaban J connectivity index is 0.00000243. The summed E-state index contributed by atoms with van der Waals surface area (Å²) in [7, 11) is 1.79. The molecule has 1 aromatic carbocycles. The first-order valence-electron chi connectivity index (χ1n) is 8.69. The Labute approximate surface area is 172 Å². The normalized spacial score (nSPS) is 18.3. The Hall–Kier alpha value is -1.70. The smallest absolute Gasteiger partial charge is 0.191 e. The van der Waals surface area contributed by atoms with E-state index >= 15 is 0 Å². The lowest BCUT2D eigenvalue weighted by atomic mass is 9.90. The van der Waals surface area contributed by atoms with Gasteiger partial charge in [0.05, 0.1) is 6.04 Å². The van der Waals surface area contributed by atoms with Gasteiger partial charge in [0.1, 0.15) is 22.9 Å². The minimum atomic E-state index is -0.219. The summed E-state index contributed by atoms with van der Waals surface area (Å²) in [6, 6.07) is 10.4. The number of rotatable bonds is 3. The summed E-state index contributed by atoms with van der Waals surface area (Å²) in [5.74, 6) is 3.58. The van der Waals surface area contributed by atoms with Gasteiger partial charge in [-0.15, -0.1) is 24.0 Å². The zero-order valence-electron chi connectivity index (χ0n) is 16.1. The molecule has 26 heavy (non-hydrogen) atoms. The van der Waals surface area contributed by atoms with Crippen LogP contribution in [0.3, 0.4) is 0 Å². The minimum Gasteiger partial charge on any atom is -0.487 e. The van der Waals surface area contributed by atoms with Crippen molar-refractivity contribution in [1.29, 1.82) is 0 Å². The van der Waals surface area contributed by atoms with Crippen LogP contribution in [0.2, 0.25) is 0 Å². The van der Waals surface area contributed by atoms with Gasteiger partial charge in [0, 0.05) is 31.1 Å². The fourth-order valence-corrected chi connectivity index (χ4v) is 3.33. The maximum atomic E-state index is 6.10. The number of fused-ring (bicyclic) bond motifs is 1. The number of aryl methyl sites for hydroxylation is 2. The lowest BCUT2D eigenvalue weighted by Crippen LogP contribution is -2.45. The molecule has 3 rings (SSSR count). The first-order chi connectivity index (χ1) is 11.9. The van der Waals surface area contributed by atoms with Crippen molar-refractivity contribution in [2.75, 3.05) is 7.05 Å². The molecule has 0 amide bonds. The van der Waals surface area contributed by atoms with E-state index in [1.54, 1.807) is 7.05 Å². The number of para-hydroxylation sites is 1. The molecule has 1 aromatic heterocycles. The van der Waals surface area contributed by atoms with Crippen LogP contribution in [0, 0.1) is 13.8 Å². The SMILES string of the molecule is CN=C(NCc1cc(C)oc1C)NC1CC(C)(C)Oc2ccccc21.I. The number of hydrogen-bond donors (Lipinski definition) is 2. The third-order valence-corrected chi connectivity index (χ3v) is 4.50. The summed E-state index contributed by atoms with van der Waals surface area (Å²) in [5, 5.41) is 6.93. The molecule has 0 bridgehead atoms. The van der Waals surface area contributed by atoms with Crippen LogP contribution in [0.1, 0.15) is 49.0 Å². The van der Waals surface area contributed by atoms with E-state index in [1.807, 2.05) is 32.0 Å². The third-order valence-electron chi connectivity index (χ3n) is 4.50. The van der Waals surface area contributed by atoms with Gasteiger partial charge < -0.3 is 19.8 Å². The molecule has 2 N–H and O–H groups in total. The Morgan fingerprint density at radius 3 is 2.65 bits per heavy atom. The van der Waals surface area contributed by atoms with Crippen molar-refractivity contribution < 1.29 is 9.15 Å². The summed E-state index contributed by atoms with van der Waals surface area (Å²) in [6.45, 7) is 8.86. The predicted octanol–water partition coefficient (Wildman–Crippen LogP) is 4.48. The van der Waals surface area contributed by atoms with Gasteiger partial charge in [-0.3, -0.25) is 4.99 Å². The molecular formula is C20H28IN3O2. The molecule has 5 nitrogen and oxygen atoms in total. The molecule has 0 radical (unpaired) electrons. The van der Waals surface area contributed by atoms with E-state index in [0.717, 1.165) is 35.2 Å². The lowest BCUT2D eigenvalue weighted by molar-refractivity contribution is 0.0694. The monoisotopic (exact) mass is 469 g/mol. The number of ether oxygens (including phenoxy) is 1. The molecule has 6 heteroatoms. The third kappa shape index (κ3) is 4.72. The van der Waals surface area contributed by atoms with Crippen LogP contribution >= 0.6 is 24.0 Å². The predicted molar refractivity (Wildman–Crippen MR) is 115 cm³/mol. The summed E-state index contributed by atoms with van der Waals surface area (Å²) < 4.78 is 11.7. The second kappa shape index (κ2) is 8.33. The highest BCUT2D eigenvalue weighted by Gasteiger charge is 2.33. The molecule has 1 unspecified atom stereocenters. The topological polar surface area (TPSA) is 58.8 Å². The molecule has 0 spiro atoms. The van der Waals surface area contributed by atoms with E-state index in [9.17, 15) is 0 Å². The van der Waals surface area contributed by atoms with Crippen molar-refractivity contribution in [3.63, 3.8) is 0 Å². The van der Waals surface area contributed by atoms with Gasteiger partial charge in [0.25, 0.3) is 0 Å². The zero-order chi connectivity index (χ0) is 18.0. The number of nitrogens with zero attached hydrogens (tertiary/aromatic N) is 1. The van der Waals surface area contributed by atoms with Crippen LogP contribution in [-0.4, -0.2) is 18.6 Å². The lowest BCUT2D eigenvalue weighted by Gasteiger charge is -2.38. The number of nitrogens with one attached hydrogen (secondary N) is 2. The van der Waals surface area contributed by atoms with E-state index in [-0.39, 0.29) is 35.6 Å². The van der Waals surface area contributed by atoms with Gasteiger partial charge in [-0.2, -0.15) is 0 Å². The van der Waals surface area contributed by atoms with E-state index in [1.165, 1.54) is 5.56 Å². The van der Waals surface area contributed by atoms with Gasteiger partial charge in [0.2, 0.25) is 0 Å². The zero-order valence-corrected chi connectivity index (χ0v) is 18.4. The van der Waals surface area contributed by atoms with Crippen LogP contribution in [0.15, 0.2) is 39.7 Å². The average Bonchev–Trinajstić information content (AvgIpc) is 2.87. The van der Waals surface area contributed by atoms with Gasteiger partial charge in [-0.25, -0.2) is 0 Å². The van der Waals surface area contributed by atoms with Gasteiger partial charge in [0.15, 0.2) is 5.96 Å². The summed E-state index contributed by atoms with van der Waals surface area (Å²) >= 11 is 0. The van der Waals surface area contributed by atoms with Gasteiger partial charge in [-0.1, -0.05) is 18.2 Å². The molecular weight excluding hydrogens is 441 g/mol. The van der Waals surface area contributed by atoms with Crippen molar-refractivity contribution >= 4 is 29.9 Å². The maximum absolute atomic E-state index is 6.10. The second-order valence-corrected chi connectivity index (χ2v) is 7.16. The fourth-order valence-electron chi connectivity index (χ4n) is 3.33. The molecule has 0 fully saturated rings. The standard InChI is InChI=1S/C20H27N3O2.HI/c1-13-10-15(14(2)24-13)12-22-19(21-5)23-17-11-20(3,4)25-18-9-7-6-8-16(17)18;/h6-10,17H,11-12H2,1-5H3,(H2,21,22,23);1H. The summed E-state index contributed by atoms with van der Waals surface area (Å²) in [5.41, 5.74) is 2.09. The number of aliphatic imine (C=N–C) groups is 1. The van der Waals surface area contributed by atoms with Crippen molar-refractivity contribution in [1.82, 2.24) is 10.6 Å². The summed E-state index contributed by atoms with van der Waals surface area (Å²) in [6.07, 6.45) is 0.870. The van der Waals surface area contributed by atoms with E-state index < -0.39 is 0 Å². The van der Waals surface area contributed by atoms with Crippen molar-refractivity contribution in [3.8, 4) is 5.75 Å². The summed E-state index contributed by atoms with van der Waals surface area (Å²) in [4.78, 5) is 4.38. The molecule has 1 aliphatic heterocycles. The number of guanidine groups is 1. The van der Waals surface area contributed by atoms with Crippen molar-refractivity contribution in [3.05, 3.63) is 53.0 Å². The van der Waals surface area contributed by atoms with Gasteiger partial charge in [-0.05, 0) is 39.8 Å². The van der Waals surface area contributed by atoms with E-state index in [2.05, 4.69) is 41.6 Å². The Morgan fingerprint density at radius 2 is 2.00 bits per heavy atom. The quantitative estimate of drug-likeness (QED) is 0.396. The molecule has 2 heterocycles. The second-order valence-electron chi connectivity index (χ2n) is 7.16. The molecule has 0 saturated heterocycles. The van der Waals surface area contributed by atoms with Crippen LogP contribution in [0.5, 0.6) is 5.75 Å². The molecule has 0 aliphatic carbocycles. The maximum Gasteiger partial charge on any atom is 0.191 e. The van der Waals surface area contributed by atoms with Crippen molar-refractivity contribution in [2.24, 2.45) is 4.99 Å². The van der Waals surface area contributed by atoms with Gasteiger partial charge >= 0.3 is 0 Å². The highest BCUT2D eigenvalue weighted by molar-refractivity contribution is 14.0. The molecule has 142 valence electrons. The Bertz CT molecular complexity index is 783. The average molecular weight is 469 g/mol. The van der Waals surface area contributed by atoms with E-state index in [4.69, 9.17) is 9.15 Å². The Morgan fingerprint density at radius 1 is 1.27 bits per heavy atom.